The lowest BCUT2D eigenvalue weighted by molar-refractivity contribution is 0.283. The van der Waals surface area contributed by atoms with Crippen LogP contribution in [-0.2, 0) is 12.5 Å². The number of hydrogen-bond acceptors (Lipinski definition) is 3. The molecule has 74 valence electrons. The van der Waals surface area contributed by atoms with Crippen molar-refractivity contribution in [3.8, 4) is 0 Å². The topological polar surface area (TPSA) is 46.2 Å². The van der Waals surface area contributed by atoms with E-state index in [1.165, 1.54) is 0 Å². The number of hydrogen-bond donors (Lipinski definition) is 2. The second-order valence-corrected chi connectivity index (χ2v) is 4.28. The van der Waals surface area contributed by atoms with E-state index < -0.39 is 0 Å². The number of nitrogen functional groups attached to an aromatic ring is 1. The maximum absolute atomic E-state index is 9.04. The molecule has 1 aromatic heterocycles. The third-order valence-corrected chi connectivity index (χ3v) is 3.51. The number of fused-ring (bicyclic) bond motifs is 1. The van der Waals surface area contributed by atoms with Gasteiger partial charge in [0, 0.05) is 21.8 Å². The van der Waals surface area contributed by atoms with Crippen molar-refractivity contribution in [1.82, 2.24) is 0 Å². The van der Waals surface area contributed by atoms with E-state index in [1.54, 1.807) is 11.3 Å². The molecule has 4 heteroatoms. The van der Waals surface area contributed by atoms with Crippen LogP contribution >= 0.6 is 22.9 Å². The van der Waals surface area contributed by atoms with Gasteiger partial charge in [-0.25, -0.2) is 0 Å². The van der Waals surface area contributed by atoms with Gasteiger partial charge in [0.05, 0.1) is 6.61 Å². The normalized spacial score (nSPS) is 11.0. The van der Waals surface area contributed by atoms with Gasteiger partial charge in [0.1, 0.15) is 0 Å². The Morgan fingerprint density at radius 1 is 1.36 bits per heavy atom. The lowest BCUT2D eigenvalue weighted by atomic mass is 10.1. The summed E-state index contributed by atoms with van der Waals surface area (Å²) in [6, 6.07) is 3.81. The predicted molar refractivity (Wildman–Crippen MR) is 61.7 cm³/mol. The molecule has 1 heterocycles. The third-order valence-electron chi connectivity index (χ3n) is 2.23. The smallest absolute Gasteiger partial charge is 0.0702 e. The number of rotatable bonds is 2. The van der Waals surface area contributed by atoms with Gasteiger partial charge in [-0.05, 0) is 28.5 Å². The van der Waals surface area contributed by atoms with Crippen molar-refractivity contribution >= 4 is 38.7 Å². The van der Waals surface area contributed by atoms with Crippen LogP contribution in [0.5, 0.6) is 0 Å². The molecule has 0 saturated carbocycles. The number of halogens is 1. The lowest BCUT2D eigenvalue weighted by Crippen LogP contribution is -1.93. The summed E-state index contributed by atoms with van der Waals surface area (Å²) in [6.45, 7) is -0.0180. The minimum absolute atomic E-state index is 0.0180. The van der Waals surface area contributed by atoms with Crippen LogP contribution in [0.15, 0.2) is 17.5 Å². The Balaban J connectivity index is 2.69. The van der Waals surface area contributed by atoms with Gasteiger partial charge < -0.3 is 10.8 Å². The van der Waals surface area contributed by atoms with E-state index >= 15 is 0 Å². The highest BCUT2D eigenvalue weighted by Crippen LogP contribution is 2.31. The minimum atomic E-state index is -0.0180. The molecule has 0 fully saturated rings. The van der Waals surface area contributed by atoms with Crippen LogP contribution in [0.25, 0.3) is 10.1 Å². The van der Waals surface area contributed by atoms with Gasteiger partial charge in [-0.3, -0.25) is 0 Å². The van der Waals surface area contributed by atoms with Gasteiger partial charge in [-0.15, -0.1) is 22.9 Å². The first-order chi connectivity index (χ1) is 6.76. The monoisotopic (exact) mass is 227 g/mol. The van der Waals surface area contributed by atoms with Crippen molar-refractivity contribution in [2.24, 2.45) is 0 Å². The van der Waals surface area contributed by atoms with Crippen LogP contribution in [0.2, 0.25) is 0 Å². The van der Waals surface area contributed by atoms with Crippen molar-refractivity contribution < 1.29 is 5.11 Å². The molecule has 0 aliphatic heterocycles. The zero-order valence-corrected chi connectivity index (χ0v) is 9.03. The van der Waals surface area contributed by atoms with Gasteiger partial charge in [-0.2, -0.15) is 0 Å². The summed E-state index contributed by atoms with van der Waals surface area (Å²) in [5.74, 6) is 0.498. The summed E-state index contributed by atoms with van der Waals surface area (Å²) in [7, 11) is 0. The number of aliphatic hydroxyl groups excluding tert-OH is 1. The number of thiophene rings is 1. The highest BCUT2D eigenvalue weighted by atomic mass is 35.5. The maximum atomic E-state index is 9.04. The highest BCUT2D eigenvalue weighted by Gasteiger charge is 2.06. The lowest BCUT2D eigenvalue weighted by Gasteiger charge is -2.02. The van der Waals surface area contributed by atoms with Crippen LogP contribution in [0.4, 0.5) is 5.69 Å². The summed E-state index contributed by atoms with van der Waals surface area (Å²) >= 11 is 7.42. The molecule has 0 saturated heterocycles. The molecule has 1 aromatic carbocycles. The average Bonchev–Trinajstić information content (AvgIpc) is 2.58. The number of benzene rings is 1. The summed E-state index contributed by atoms with van der Waals surface area (Å²) in [5.41, 5.74) is 8.29. The van der Waals surface area contributed by atoms with Crippen molar-refractivity contribution in [3.05, 3.63) is 28.6 Å². The minimum Gasteiger partial charge on any atom is -0.398 e. The fourth-order valence-electron chi connectivity index (χ4n) is 1.43. The van der Waals surface area contributed by atoms with Crippen molar-refractivity contribution in [1.29, 1.82) is 0 Å². The summed E-state index contributed by atoms with van der Waals surface area (Å²) in [6.07, 6.45) is 0. The van der Waals surface area contributed by atoms with Crippen LogP contribution in [0.3, 0.4) is 0 Å². The quantitative estimate of drug-likeness (QED) is 0.612. The second kappa shape index (κ2) is 3.77. The molecule has 2 rings (SSSR count). The molecule has 14 heavy (non-hydrogen) atoms. The van der Waals surface area contributed by atoms with E-state index in [0.29, 0.717) is 11.6 Å². The Morgan fingerprint density at radius 2 is 2.14 bits per heavy atom. The fourth-order valence-corrected chi connectivity index (χ4v) is 2.75. The second-order valence-electron chi connectivity index (χ2n) is 3.10. The molecule has 3 N–H and O–H groups in total. The van der Waals surface area contributed by atoms with Gasteiger partial charge in [0.2, 0.25) is 0 Å². The Kier molecular flexibility index (Phi) is 2.63. The van der Waals surface area contributed by atoms with E-state index in [1.807, 2.05) is 17.5 Å². The molecule has 0 amide bonds. The largest absolute Gasteiger partial charge is 0.398 e. The third kappa shape index (κ3) is 1.47. The van der Waals surface area contributed by atoms with Crippen LogP contribution in [0, 0.1) is 0 Å². The first-order valence-electron chi connectivity index (χ1n) is 4.21. The fraction of sp³-hybridized carbons (Fsp3) is 0.200. The summed E-state index contributed by atoms with van der Waals surface area (Å²) in [4.78, 5) is 0. The van der Waals surface area contributed by atoms with E-state index in [-0.39, 0.29) is 6.61 Å². The first-order valence-corrected chi connectivity index (χ1v) is 5.63. The van der Waals surface area contributed by atoms with Crippen molar-refractivity contribution in [2.45, 2.75) is 12.5 Å². The Morgan fingerprint density at radius 3 is 2.79 bits per heavy atom. The van der Waals surface area contributed by atoms with Crippen molar-refractivity contribution in [3.63, 3.8) is 0 Å². The Hall–Kier alpha value is -0.770. The molecule has 0 radical (unpaired) electrons. The first kappa shape index (κ1) is 9.77. The van der Waals surface area contributed by atoms with E-state index in [4.69, 9.17) is 22.4 Å². The van der Waals surface area contributed by atoms with Gasteiger partial charge in [0.15, 0.2) is 0 Å². The van der Waals surface area contributed by atoms with Gasteiger partial charge >= 0.3 is 0 Å². The SMILES string of the molecule is Nc1cc2c(CCl)csc2cc1CO. The van der Waals surface area contributed by atoms with E-state index in [9.17, 15) is 0 Å². The maximum Gasteiger partial charge on any atom is 0.0702 e. The molecule has 0 bridgehead atoms. The number of aliphatic hydroxyl groups is 1. The molecule has 2 aromatic rings. The summed E-state index contributed by atoms with van der Waals surface area (Å²) < 4.78 is 1.12. The standard InChI is InChI=1S/C10H10ClNOS/c11-3-7-5-14-10-1-6(4-13)9(12)2-8(7)10/h1-2,5,13H,3-4,12H2. The summed E-state index contributed by atoms with van der Waals surface area (Å²) in [5, 5.41) is 12.2. The molecule has 0 spiro atoms. The number of nitrogens with two attached hydrogens (primary N) is 1. The molecule has 0 atom stereocenters. The molecule has 0 aliphatic rings. The van der Waals surface area contributed by atoms with Gasteiger partial charge in [-0.1, -0.05) is 0 Å². The van der Waals surface area contributed by atoms with Crippen LogP contribution < -0.4 is 5.73 Å². The van der Waals surface area contributed by atoms with E-state index in [0.717, 1.165) is 21.2 Å². The number of anilines is 1. The predicted octanol–water partition coefficient (Wildman–Crippen LogP) is 2.71. The molecule has 0 aliphatic carbocycles. The van der Waals surface area contributed by atoms with Crippen molar-refractivity contribution in [2.75, 3.05) is 5.73 Å². The molecule has 0 unspecified atom stereocenters. The zero-order valence-electron chi connectivity index (χ0n) is 7.46. The molecule has 2 nitrogen and oxygen atoms in total. The zero-order chi connectivity index (χ0) is 10.1. The Labute approximate surface area is 90.9 Å². The van der Waals surface area contributed by atoms with E-state index in [2.05, 4.69) is 0 Å². The molecular formula is C10H10ClNOS. The highest BCUT2D eigenvalue weighted by molar-refractivity contribution is 7.17. The average molecular weight is 228 g/mol. The number of alkyl halides is 1. The molecular weight excluding hydrogens is 218 g/mol. The Bertz CT molecular complexity index is 466. The van der Waals surface area contributed by atoms with Crippen LogP contribution in [-0.4, -0.2) is 5.11 Å². The van der Waals surface area contributed by atoms with Crippen LogP contribution in [0.1, 0.15) is 11.1 Å². The van der Waals surface area contributed by atoms with Gasteiger partial charge in [0.25, 0.3) is 0 Å².